The quantitative estimate of drug-likeness (QED) is 0.789. The van der Waals surface area contributed by atoms with E-state index in [-0.39, 0.29) is 6.03 Å². The topological polar surface area (TPSA) is 53.6 Å². The first-order valence-electron chi connectivity index (χ1n) is 9.40. The van der Waals surface area contributed by atoms with Gasteiger partial charge in [-0.2, -0.15) is 0 Å². The van der Waals surface area contributed by atoms with Gasteiger partial charge in [-0.3, -0.25) is 0 Å². The van der Waals surface area contributed by atoms with Crippen LogP contribution in [0.15, 0.2) is 0 Å². The Balaban J connectivity index is 1.67. The average molecular weight is 325 g/mol. The first-order valence-corrected chi connectivity index (χ1v) is 9.40. The summed E-state index contributed by atoms with van der Waals surface area (Å²) in [4.78, 5) is 14.4. The van der Waals surface area contributed by atoms with Gasteiger partial charge in [-0.15, -0.1) is 0 Å². The van der Waals surface area contributed by atoms with E-state index in [0.717, 1.165) is 45.4 Å². The zero-order valence-electron chi connectivity index (χ0n) is 15.1. The van der Waals surface area contributed by atoms with Gasteiger partial charge in [0.05, 0.1) is 6.61 Å². The summed E-state index contributed by atoms with van der Waals surface area (Å²) in [6.07, 6.45) is 8.23. The number of hydrogen-bond acceptors (Lipinski definition) is 3. The molecule has 2 rings (SSSR count). The van der Waals surface area contributed by atoms with Gasteiger partial charge in [0.2, 0.25) is 0 Å². The first kappa shape index (κ1) is 18.5. The largest absolute Gasteiger partial charge is 0.384 e. The second kappa shape index (κ2) is 9.48. The van der Waals surface area contributed by atoms with Gasteiger partial charge in [0, 0.05) is 38.3 Å². The fourth-order valence-corrected chi connectivity index (χ4v) is 3.71. The Labute approximate surface area is 141 Å². The van der Waals surface area contributed by atoms with Gasteiger partial charge in [-0.25, -0.2) is 4.79 Å². The molecule has 2 amide bonds. The highest BCUT2D eigenvalue weighted by Crippen LogP contribution is 2.18. The van der Waals surface area contributed by atoms with E-state index in [1.165, 1.54) is 19.3 Å². The van der Waals surface area contributed by atoms with Crippen molar-refractivity contribution in [1.82, 2.24) is 15.5 Å². The van der Waals surface area contributed by atoms with Crippen molar-refractivity contribution in [2.75, 3.05) is 26.8 Å². The average Bonchev–Trinajstić information content (AvgIpc) is 2.56. The second-order valence-corrected chi connectivity index (χ2v) is 7.43. The van der Waals surface area contributed by atoms with Gasteiger partial charge in [0.25, 0.3) is 0 Å². The van der Waals surface area contributed by atoms with E-state index >= 15 is 0 Å². The fraction of sp³-hybridized carbons (Fsp3) is 0.944. The van der Waals surface area contributed by atoms with E-state index in [1.54, 1.807) is 7.11 Å². The highest BCUT2D eigenvalue weighted by Gasteiger charge is 2.26. The molecule has 0 aromatic heterocycles. The van der Waals surface area contributed by atoms with Crippen molar-refractivity contribution >= 4 is 6.03 Å². The molecule has 1 saturated heterocycles. The second-order valence-electron chi connectivity index (χ2n) is 7.43. The van der Waals surface area contributed by atoms with Gasteiger partial charge < -0.3 is 20.3 Å². The van der Waals surface area contributed by atoms with Crippen LogP contribution in [0, 0.1) is 5.92 Å². The van der Waals surface area contributed by atoms with Crippen LogP contribution in [-0.2, 0) is 4.74 Å². The molecule has 5 heteroatoms. The summed E-state index contributed by atoms with van der Waals surface area (Å²) >= 11 is 0. The summed E-state index contributed by atoms with van der Waals surface area (Å²) in [6, 6.07) is 1.52. The van der Waals surface area contributed by atoms with Crippen molar-refractivity contribution in [1.29, 1.82) is 0 Å². The van der Waals surface area contributed by atoms with E-state index in [2.05, 4.69) is 24.5 Å². The number of rotatable bonds is 6. The van der Waals surface area contributed by atoms with Crippen LogP contribution in [0.3, 0.4) is 0 Å². The molecule has 134 valence electrons. The molecule has 0 spiro atoms. The van der Waals surface area contributed by atoms with E-state index < -0.39 is 0 Å². The SMILES string of the molecule is COC[C@H](C)[C@H](C)NC1CCN(C(=O)NC2CCCCC2)CC1. The molecule has 2 aliphatic rings. The number of ether oxygens (including phenoxy) is 1. The summed E-state index contributed by atoms with van der Waals surface area (Å²) in [6.45, 7) is 6.96. The number of nitrogens with zero attached hydrogens (tertiary/aromatic N) is 1. The summed E-state index contributed by atoms with van der Waals surface area (Å²) < 4.78 is 5.23. The smallest absolute Gasteiger partial charge is 0.317 e. The predicted octanol–water partition coefficient (Wildman–Crippen LogP) is 2.75. The third-order valence-electron chi connectivity index (χ3n) is 5.50. The summed E-state index contributed by atoms with van der Waals surface area (Å²) in [5.74, 6) is 0.507. The maximum atomic E-state index is 12.4. The van der Waals surface area contributed by atoms with Gasteiger partial charge in [0.1, 0.15) is 0 Å². The molecule has 1 heterocycles. The number of methoxy groups -OCH3 is 1. The lowest BCUT2D eigenvalue weighted by atomic mass is 9.95. The first-order chi connectivity index (χ1) is 11.1. The summed E-state index contributed by atoms with van der Waals surface area (Å²) in [5.41, 5.74) is 0. The molecule has 23 heavy (non-hydrogen) atoms. The van der Waals surface area contributed by atoms with Gasteiger partial charge in [-0.1, -0.05) is 26.2 Å². The number of carbonyl (C=O) groups excluding carboxylic acids is 1. The van der Waals surface area contributed by atoms with Gasteiger partial charge in [0.15, 0.2) is 0 Å². The van der Waals surface area contributed by atoms with E-state index in [1.807, 2.05) is 4.90 Å². The standard InChI is InChI=1S/C18H35N3O2/c1-14(13-23-3)15(2)19-17-9-11-21(12-10-17)18(22)20-16-7-5-4-6-8-16/h14-17,19H,4-13H2,1-3H3,(H,20,22)/t14-,15-/m0/s1. The molecule has 1 aliphatic heterocycles. The van der Waals surface area contributed by atoms with E-state index in [0.29, 0.717) is 24.0 Å². The Kier molecular flexibility index (Phi) is 7.63. The number of hydrogen-bond donors (Lipinski definition) is 2. The molecule has 0 aromatic carbocycles. The van der Waals surface area contributed by atoms with E-state index in [4.69, 9.17) is 4.74 Å². The number of urea groups is 1. The number of likely N-dealkylation sites (tertiary alicyclic amines) is 1. The monoisotopic (exact) mass is 325 g/mol. The Morgan fingerprint density at radius 1 is 1.09 bits per heavy atom. The number of piperidine rings is 1. The molecule has 0 radical (unpaired) electrons. The zero-order valence-corrected chi connectivity index (χ0v) is 15.1. The molecule has 2 N–H and O–H groups in total. The Bertz CT molecular complexity index is 350. The minimum atomic E-state index is 0.149. The molecule has 1 saturated carbocycles. The summed E-state index contributed by atoms with van der Waals surface area (Å²) in [7, 11) is 1.76. The van der Waals surface area contributed by atoms with Crippen LogP contribution >= 0.6 is 0 Å². The molecule has 2 atom stereocenters. The van der Waals surface area contributed by atoms with Crippen LogP contribution in [0.4, 0.5) is 4.79 Å². The molecule has 0 bridgehead atoms. The highest BCUT2D eigenvalue weighted by atomic mass is 16.5. The molecular weight excluding hydrogens is 290 g/mol. The highest BCUT2D eigenvalue weighted by molar-refractivity contribution is 5.74. The normalized spacial score (nSPS) is 23.5. The van der Waals surface area contributed by atoms with Crippen LogP contribution in [0.25, 0.3) is 0 Å². The minimum absolute atomic E-state index is 0.149. The third kappa shape index (κ3) is 5.96. The Morgan fingerprint density at radius 2 is 1.74 bits per heavy atom. The Morgan fingerprint density at radius 3 is 2.35 bits per heavy atom. The van der Waals surface area contributed by atoms with Gasteiger partial charge in [-0.05, 0) is 38.5 Å². The zero-order chi connectivity index (χ0) is 16.7. The van der Waals surface area contributed by atoms with Crippen molar-refractivity contribution < 1.29 is 9.53 Å². The number of nitrogens with one attached hydrogen (secondary N) is 2. The molecular formula is C18H35N3O2. The fourth-order valence-electron chi connectivity index (χ4n) is 3.71. The van der Waals surface area contributed by atoms with Crippen LogP contribution in [0.1, 0.15) is 58.8 Å². The maximum Gasteiger partial charge on any atom is 0.317 e. The molecule has 1 aliphatic carbocycles. The Hall–Kier alpha value is -0.810. The maximum absolute atomic E-state index is 12.4. The minimum Gasteiger partial charge on any atom is -0.384 e. The van der Waals surface area contributed by atoms with E-state index in [9.17, 15) is 4.79 Å². The van der Waals surface area contributed by atoms with Crippen LogP contribution < -0.4 is 10.6 Å². The van der Waals surface area contributed by atoms with Crippen molar-refractivity contribution in [3.8, 4) is 0 Å². The summed E-state index contributed by atoms with van der Waals surface area (Å²) in [5, 5.41) is 6.94. The van der Waals surface area contributed by atoms with Crippen LogP contribution in [-0.4, -0.2) is 55.9 Å². The molecule has 2 fully saturated rings. The lowest BCUT2D eigenvalue weighted by molar-refractivity contribution is 0.131. The van der Waals surface area contributed by atoms with Gasteiger partial charge >= 0.3 is 6.03 Å². The molecule has 5 nitrogen and oxygen atoms in total. The molecule has 0 aromatic rings. The lowest BCUT2D eigenvalue weighted by Crippen LogP contribution is -2.52. The van der Waals surface area contributed by atoms with Crippen LogP contribution in [0.5, 0.6) is 0 Å². The van der Waals surface area contributed by atoms with Crippen molar-refractivity contribution in [3.05, 3.63) is 0 Å². The number of amides is 2. The predicted molar refractivity (Wildman–Crippen MR) is 93.6 cm³/mol. The number of carbonyl (C=O) groups is 1. The third-order valence-corrected chi connectivity index (χ3v) is 5.50. The van der Waals surface area contributed by atoms with Crippen molar-refractivity contribution in [3.63, 3.8) is 0 Å². The van der Waals surface area contributed by atoms with Crippen molar-refractivity contribution in [2.45, 2.75) is 76.9 Å². The molecule has 0 unspecified atom stereocenters. The van der Waals surface area contributed by atoms with Crippen LogP contribution in [0.2, 0.25) is 0 Å². The lowest BCUT2D eigenvalue weighted by Gasteiger charge is -2.36. The van der Waals surface area contributed by atoms with Crippen molar-refractivity contribution in [2.24, 2.45) is 5.92 Å².